The van der Waals surface area contributed by atoms with E-state index in [1.807, 2.05) is 4.90 Å². The zero-order valence-corrected chi connectivity index (χ0v) is 15.6. The van der Waals surface area contributed by atoms with Gasteiger partial charge in [0.2, 0.25) is 0 Å². The summed E-state index contributed by atoms with van der Waals surface area (Å²) in [6.07, 6.45) is 1.71. The highest BCUT2D eigenvalue weighted by atomic mass is 35.5. The van der Waals surface area contributed by atoms with Gasteiger partial charge in [0.15, 0.2) is 12.0 Å². The largest absolute Gasteiger partial charge is 0.506 e. The van der Waals surface area contributed by atoms with Gasteiger partial charge in [0.05, 0.1) is 18.8 Å². The molecule has 2 N–H and O–H groups in total. The van der Waals surface area contributed by atoms with Crippen LogP contribution in [0, 0.1) is 0 Å². The Hall–Kier alpha value is -2.90. The van der Waals surface area contributed by atoms with Crippen LogP contribution in [-0.2, 0) is 9.53 Å². The maximum atomic E-state index is 14.5. The Balaban J connectivity index is 2.26. The fourth-order valence-electron chi connectivity index (χ4n) is 3.10. The normalized spacial score (nSPS) is 15.1. The van der Waals surface area contributed by atoms with Crippen LogP contribution in [0.1, 0.15) is 16.8 Å². The fourth-order valence-corrected chi connectivity index (χ4v) is 3.31. The molecule has 0 radical (unpaired) electrons. The molecule has 1 saturated heterocycles. The third-order valence-corrected chi connectivity index (χ3v) is 4.60. The van der Waals surface area contributed by atoms with Gasteiger partial charge in [0, 0.05) is 41.1 Å². The van der Waals surface area contributed by atoms with Gasteiger partial charge in [-0.25, -0.2) is 9.37 Å². The van der Waals surface area contributed by atoms with Crippen LogP contribution in [0.2, 0.25) is 5.02 Å². The number of anilines is 1. The number of morpholine rings is 1. The highest BCUT2D eigenvalue weighted by Crippen LogP contribution is 2.39. The summed E-state index contributed by atoms with van der Waals surface area (Å²) in [4.78, 5) is 17.6. The first-order valence-electron chi connectivity index (χ1n) is 8.48. The van der Waals surface area contributed by atoms with Crippen molar-refractivity contribution in [3.63, 3.8) is 0 Å². The number of aliphatic hydroxyl groups excluding tert-OH is 1. The van der Waals surface area contributed by atoms with E-state index in [1.165, 1.54) is 24.4 Å². The SMILES string of the molecule is C=C(F)c1c(/C(C=O)=C(\O)c2ncccc2O)cc(Cl)cc1N1CCOCC1. The molecular weight excluding hydrogens is 387 g/mol. The van der Waals surface area contributed by atoms with E-state index in [1.54, 1.807) is 6.07 Å². The molecule has 0 saturated carbocycles. The average Bonchev–Trinajstić information content (AvgIpc) is 2.68. The van der Waals surface area contributed by atoms with Crippen LogP contribution in [-0.4, -0.2) is 47.8 Å². The molecule has 1 aliphatic rings. The minimum absolute atomic E-state index is 0.0374. The molecular formula is C20H18ClFN2O4. The smallest absolute Gasteiger partial charge is 0.156 e. The molecule has 0 amide bonds. The van der Waals surface area contributed by atoms with E-state index in [-0.39, 0.29) is 33.2 Å². The van der Waals surface area contributed by atoms with E-state index in [0.29, 0.717) is 38.3 Å². The Morgan fingerprint density at radius 3 is 2.68 bits per heavy atom. The van der Waals surface area contributed by atoms with Gasteiger partial charge in [-0.05, 0) is 24.3 Å². The summed E-state index contributed by atoms with van der Waals surface area (Å²) in [5, 5.41) is 20.8. The Morgan fingerprint density at radius 2 is 2.07 bits per heavy atom. The van der Waals surface area contributed by atoms with Crippen LogP contribution in [0.3, 0.4) is 0 Å². The number of carbonyl (C=O) groups is 1. The highest BCUT2D eigenvalue weighted by Gasteiger charge is 2.24. The topological polar surface area (TPSA) is 82.9 Å². The molecule has 0 spiro atoms. The number of aromatic nitrogens is 1. The number of nitrogens with zero attached hydrogens (tertiary/aromatic N) is 2. The Bertz CT molecular complexity index is 955. The van der Waals surface area contributed by atoms with Crippen LogP contribution >= 0.6 is 11.6 Å². The van der Waals surface area contributed by atoms with Crippen LogP contribution < -0.4 is 4.90 Å². The Kier molecular flexibility index (Phi) is 5.96. The van der Waals surface area contributed by atoms with Crippen LogP contribution in [0.5, 0.6) is 5.75 Å². The summed E-state index contributed by atoms with van der Waals surface area (Å²) in [7, 11) is 0. The van der Waals surface area contributed by atoms with Gasteiger partial charge < -0.3 is 19.8 Å². The zero-order valence-electron chi connectivity index (χ0n) is 14.9. The van der Waals surface area contributed by atoms with Crippen LogP contribution in [0.15, 0.2) is 37.0 Å². The minimum Gasteiger partial charge on any atom is -0.506 e. The molecule has 6 nitrogen and oxygen atoms in total. The second kappa shape index (κ2) is 8.41. The summed E-state index contributed by atoms with van der Waals surface area (Å²) in [6, 6.07) is 5.73. The minimum atomic E-state index is -0.787. The number of carbonyl (C=O) groups excluding carboxylic acids is 1. The van der Waals surface area contributed by atoms with Gasteiger partial charge in [-0.2, -0.15) is 0 Å². The van der Waals surface area contributed by atoms with Crippen molar-refractivity contribution in [2.75, 3.05) is 31.2 Å². The van der Waals surface area contributed by atoms with Crippen molar-refractivity contribution in [1.82, 2.24) is 4.98 Å². The number of aromatic hydroxyl groups is 1. The Morgan fingerprint density at radius 1 is 1.36 bits per heavy atom. The summed E-state index contributed by atoms with van der Waals surface area (Å²) < 4.78 is 19.8. The second-order valence-corrected chi connectivity index (χ2v) is 6.54. The van der Waals surface area contributed by atoms with Crippen molar-refractivity contribution in [3.05, 3.63) is 58.9 Å². The van der Waals surface area contributed by atoms with Crippen LogP contribution in [0.25, 0.3) is 17.2 Å². The lowest BCUT2D eigenvalue weighted by molar-refractivity contribution is -0.103. The van der Waals surface area contributed by atoms with Gasteiger partial charge in [0.1, 0.15) is 17.3 Å². The van der Waals surface area contributed by atoms with Crippen molar-refractivity contribution >= 4 is 40.7 Å². The molecule has 28 heavy (non-hydrogen) atoms. The van der Waals surface area contributed by atoms with E-state index in [0.717, 1.165) is 0 Å². The van der Waals surface area contributed by atoms with E-state index in [2.05, 4.69) is 11.6 Å². The first kappa shape index (κ1) is 19.9. The standard InChI is InChI=1S/C20H18ClFN2O4/c1-12(22)18-14(9-13(21)10-16(18)24-5-7-28-8-6-24)15(11-25)20(27)19-17(26)3-2-4-23-19/h2-4,9-11,26-27H,1,5-8H2/b20-15-. The zero-order chi connectivity index (χ0) is 20.3. The lowest BCUT2D eigenvalue weighted by Crippen LogP contribution is -2.36. The van der Waals surface area contributed by atoms with E-state index >= 15 is 0 Å². The molecule has 2 heterocycles. The van der Waals surface area contributed by atoms with Crippen molar-refractivity contribution in [3.8, 4) is 5.75 Å². The third kappa shape index (κ3) is 3.85. The number of rotatable bonds is 5. The molecule has 1 aromatic heterocycles. The van der Waals surface area contributed by atoms with Crippen molar-refractivity contribution < 1.29 is 24.1 Å². The van der Waals surface area contributed by atoms with E-state index in [4.69, 9.17) is 16.3 Å². The molecule has 1 aliphatic heterocycles. The number of halogens is 2. The lowest BCUT2D eigenvalue weighted by atomic mass is 9.95. The molecule has 0 atom stereocenters. The third-order valence-electron chi connectivity index (χ3n) is 4.38. The summed E-state index contributed by atoms with van der Waals surface area (Å²) in [6.45, 7) is 5.32. The van der Waals surface area contributed by atoms with Crippen molar-refractivity contribution in [1.29, 1.82) is 0 Å². The number of hydrogen-bond donors (Lipinski definition) is 2. The molecule has 1 aromatic carbocycles. The molecule has 1 fully saturated rings. The summed E-state index contributed by atoms with van der Waals surface area (Å²) in [5.74, 6) is -1.70. The predicted octanol–water partition coefficient (Wildman–Crippen LogP) is 3.84. The molecule has 3 rings (SSSR count). The number of allylic oxidation sites excluding steroid dienone is 1. The summed E-state index contributed by atoms with van der Waals surface area (Å²) in [5.41, 5.74) is 0.0674. The summed E-state index contributed by atoms with van der Waals surface area (Å²) >= 11 is 6.23. The maximum Gasteiger partial charge on any atom is 0.156 e. The van der Waals surface area contributed by atoms with Gasteiger partial charge in [0.25, 0.3) is 0 Å². The molecule has 8 heteroatoms. The predicted molar refractivity (Wildman–Crippen MR) is 106 cm³/mol. The number of aldehydes is 1. The highest BCUT2D eigenvalue weighted by molar-refractivity contribution is 6.31. The van der Waals surface area contributed by atoms with E-state index in [9.17, 15) is 19.4 Å². The average molecular weight is 405 g/mol. The fraction of sp³-hybridized carbons (Fsp3) is 0.200. The van der Waals surface area contributed by atoms with Crippen molar-refractivity contribution in [2.24, 2.45) is 0 Å². The van der Waals surface area contributed by atoms with Gasteiger partial charge in [-0.15, -0.1) is 0 Å². The molecule has 0 bridgehead atoms. The van der Waals surface area contributed by atoms with Crippen LogP contribution in [0.4, 0.5) is 10.1 Å². The Labute approximate surface area is 166 Å². The number of hydrogen-bond acceptors (Lipinski definition) is 6. The number of benzene rings is 1. The van der Waals surface area contributed by atoms with Gasteiger partial charge in [-0.3, -0.25) is 4.79 Å². The van der Waals surface area contributed by atoms with E-state index < -0.39 is 11.6 Å². The monoisotopic (exact) mass is 404 g/mol. The van der Waals surface area contributed by atoms with Gasteiger partial charge >= 0.3 is 0 Å². The molecule has 0 unspecified atom stereocenters. The number of pyridine rings is 1. The number of ether oxygens (including phenoxy) is 1. The first-order chi connectivity index (χ1) is 13.4. The molecule has 2 aromatic rings. The quantitative estimate of drug-likeness (QED) is 0.447. The van der Waals surface area contributed by atoms with Crippen molar-refractivity contribution in [2.45, 2.75) is 0 Å². The lowest BCUT2D eigenvalue weighted by Gasteiger charge is -2.31. The maximum absolute atomic E-state index is 14.5. The molecule has 0 aliphatic carbocycles. The number of aliphatic hydroxyl groups is 1. The second-order valence-electron chi connectivity index (χ2n) is 6.10. The molecule has 146 valence electrons. The first-order valence-corrected chi connectivity index (χ1v) is 8.86. The van der Waals surface area contributed by atoms with Gasteiger partial charge in [-0.1, -0.05) is 18.2 Å².